The van der Waals surface area contributed by atoms with Gasteiger partial charge in [-0.15, -0.1) is 0 Å². The lowest BCUT2D eigenvalue weighted by molar-refractivity contribution is -0.142. The molecule has 0 aliphatic carbocycles. The maximum absolute atomic E-state index is 13.4. The van der Waals surface area contributed by atoms with Crippen LogP contribution in [0.4, 0.5) is 0 Å². The highest BCUT2D eigenvalue weighted by Crippen LogP contribution is 2.26. The minimum Gasteiger partial charge on any atom is -0.467 e. The van der Waals surface area contributed by atoms with Crippen LogP contribution in [0.5, 0.6) is 0 Å². The summed E-state index contributed by atoms with van der Waals surface area (Å²) in [6.07, 6.45) is 3.83. The molecule has 5 nitrogen and oxygen atoms in total. The molecule has 0 N–H and O–H groups in total. The first kappa shape index (κ1) is 26.7. The van der Waals surface area contributed by atoms with Gasteiger partial charge in [0.2, 0.25) is 11.8 Å². The predicted molar refractivity (Wildman–Crippen MR) is 134 cm³/mol. The number of carbonyl (C=O) groups excluding carboxylic acids is 2. The molecule has 2 aromatic rings. The third-order valence-corrected chi connectivity index (χ3v) is 5.54. The molecule has 2 amide bonds. The van der Waals surface area contributed by atoms with Crippen molar-refractivity contribution in [3.63, 3.8) is 0 Å². The van der Waals surface area contributed by atoms with Crippen molar-refractivity contribution < 1.29 is 14.0 Å². The van der Waals surface area contributed by atoms with E-state index in [9.17, 15) is 9.59 Å². The smallest absolute Gasteiger partial charge is 0.242 e. The molecular weight excluding hydrogens is 412 g/mol. The van der Waals surface area contributed by atoms with Gasteiger partial charge in [0.15, 0.2) is 0 Å². The van der Waals surface area contributed by atoms with Gasteiger partial charge >= 0.3 is 0 Å². The van der Waals surface area contributed by atoms with Gasteiger partial charge in [0.05, 0.1) is 19.4 Å². The van der Waals surface area contributed by atoms with Gasteiger partial charge in [-0.25, -0.2) is 0 Å². The molecule has 0 unspecified atom stereocenters. The molecule has 0 saturated carbocycles. The molecule has 0 radical (unpaired) electrons. The topological polar surface area (TPSA) is 53.8 Å². The van der Waals surface area contributed by atoms with Crippen LogP contribution < -0.4 is 0 Å². The average Bonchev–Trinajstić information content (AvgIpc) is 3.22. The molecule has 0 saturated heterocycles. The number of amides is 2. The Balaban J connectivity index is 2.09. The number of rotatable bonds is 12. The molecule has 182 valence electrons. The summed E-state index contributed by atoms with van der Waals surface area (Å²) in [6.45, 7) is 14.6. The van der Waals surface area contributed by atoms with Crippen molar-refractivity contribution in [1.29, 1.82) is 0 Å². The number of carbonyl (C=O) groups is 2. The van der Waals surface area contributed by atoms with Crippen LogP contribution in [0.1, 0.15) is 65.7 Å². The van der Waals surface area contributed by atoms with Gasteiger partial charge in [-0.3, -0.25) is 9.59 Å². The highest BCUT2D eigenvalue weighted by Gasteiger charge is 2.25. The van der Waals surface area contributed by atoms with Crippen LogP contribution in [0.25, 0.3) is 0 Å². The Morgan fingerprint density at radius 1 is 0.939 bits per heavy atom. The molecule has 0 spiro atoms. The Bertz CT molecular complexity index is 838. The number of benzene rings is 1. The highest BCUT2D eigenvalue weighted by atomic mass is 16.3. The van der Waals surface area contributed by atoms with Crippen LogP contribution >= 0.6 is 0 Å². The fourth-order valence-electron chi connectivity index (χ4n) is 4.29. The lowest BCUT2D eigenvalue weighted by atomic mass is 9.84. The molecule has 0 fully saturated rings. The molecule has 1 heterocycles. The van der Waals surface area contributed by atoms with E-state index in [-0.39, 0.29) is 29.7 Å². The number of hydrogen-bond donors (Lipinski definition) is 0. The normalized spacial score (nSPS) is 12.6. The Morgan fingerprint density at radius 3 is 2.21 bits per heavy atom. The van der Waals surface area contributed by atoms with E-state index in [1.165, 1.54) is 5.56 Å². The predicted octanol–water partition coefficient (Wildman–Crippen LogP) is 5.80. The average molecular weight is 455 g/mol. The van der Waals surface area contributed by atoms with Crippen LogP contribution in [-0.4, -0.2) is 41.2 Å². The Morgan fingerprint density at radius 2 is 1.64 bits per heavy atom. The Hall–Kier alpha value is -2.56. The minimum absolute atomic E-state index is 0.0418. The second kappa shape index (κ2) is 12.6. The summed E-state index contributed by atoms with van der Waals surface area (Å²) in [5.74, 6) is 1.34. The number of nitrogens with zero attached hydrogens (tertiary/aromatic N) is 2. The van der Waals surface area contributed by atoms with Crippen molar-refractivity contribution in [3.05, 3.63) is 60.1 Å². The molecular formula is C28H42N2O3. The first-order valence-corrected chi connectivity index (χ1v) is 12.2. The Labute approximate surface area is 200 Å². The van der Waals surface area contributed by atoms with E-state index in [4.69, 9.17) is 4.42 Å². The van der Waals surface area contributed by atoms with Gasteiger partial charge in [-0.2, -0.15) is 0 Å². The number of furan rings is 1. The first-order chi connectivity index (χ1) is 15.5. The van der Waals surface area contributed by atoms with Crippen LogP contribution in [0.2, 0.25) is 0 Å². The maximum Gasteiger partial charge on any atom is 0.242 e. The van der Waals surface area contributed by atoms with Crippen LogP contribution in [0.3, 0.4) is 0 Å². The summed E-state index contributed by atoms with van der Waals surface area (Å²) >= 11 is 0. The monoisotopic (exact) mass is 454 g/mol. The standard InChI is InChI=1S/C28H42N2O3/c1-22(2)19-30(26(31)17-23(3)18-28(4,5)6)21-27(32)29(20-25-13-10-16-33-25)15-14-24-11-8-7-9-12-24/h7-13,16,22-23H,14-15,17-21H2,1-6H3/t23-/m0/s1. The van der Waals surface area contributed by atoms with Gasteiger partial charge < -0.3 is 14.2 Å². The zero-order valence-corrected chi connectivity index (χ0v) is 21.3. The fourth-order valence-corrected chi connectivity index (χ4v) is 4.29. The first-order valence-electron chi connectivity index (χ1n) is 12.2. The van der Waals surface area contributed by atoms with Crippen molar-refractivity contribution in [3.8, 4) is 0 Å². The van der Waals surface area contributed by atoms with Crippen LogP contribution in [-0.2, 0) is 22.6 Å². The van der Waals surface area contributed by atoms with E-state index < -0.39 is 0 Å². The molecule has 0 bridgehead atoms. The van der Waals surface area contributed by atoms with Crippen molar-refractivity contribution in [2.24, 2.45) is 17.3 Å². The fraction of sp³-hybridized carbons (Fsp3) is 0.571. The van der Waals surface area contributed by atoms with Gasteiger partial charge in [-0.05, 0) is 47.8 Å². The largest absolute Gasteiger partial charge is 0.467 e. The molecule has 1 aromatic carbocycles. The van der Waals surface area contributed by atoms with Crippen molar-refractivity contribution in [1.82, 2.24) is 9.80 Å². The molecule has 1 atom stereocenters. The maximum atomic E-state index is 13.4. The lowest BCUT2D eigenvalue weighted by Gasteiger charge is -2.30. The van der Waals surface area contributed by atoms with E-state index in [2.05, 4.69) is 53.7 Å². The summed E-state index contributed by atoms with van der Waals surface area (Å²) in [5.41, 5.74) is 1.36. The zero-order chi connectivity index (χ0) is 24.4. The van der Waals surface area contributed by atoms with Crippen LogP contribution in [0.15, 0.2) is 53.1 Å². The second-order valence-corrected chi connectivity index (χ2v) is 10.9. The van der Waals surface area contributed by atoms with Crippen molar-refractivity contribution >= 4 is 11.8 Å². The molecule has 1 aromatic heterocycles. The third kappa shape index (κ3) is 10.3. The summed E-state index contributed by atoms with van der Waals surface area (Å²) in [6, 6.07) is 13.9. The molecule has 2 rings (SSSR count). The van der Waals surface area contributed by atoms with Gasteiger partial charge in [-0.1, -0.05) is 71.9 Å². The van der Waals surface area contributed by atoms with E-state index in [1.807, 2.05) is 35.2 Å². The van der Waals surface area contributed by atoms with E-state index in [0.29, 0.717) is 32.0 Å². The SMILES string of the molecule is CC(C)CN(CC(=O)N(CCc1ccccc1)Cc1ccco1)C(=O)C[C@H](C)CC(C)(C)C. The molecule has 33 heavy (non-hydrogen) atoms. The summed E-state index contributed by atoms with van der Waals surface area (Å²) in [4.78, 5) is 30.1. The zero-order valence-electron chi connectivity index (χ0n) is 21.3. The number of hydrogen-bond acceptors (Lipinski definition) is 3. The minimum atomic E-state index is -0.0418. The van der Waals surface area contributed by atoms with Crippen molar-refractivity contribution in [2.75, 3.05) is 19.6 Å². The van der Waals surface area contributed by atoms with Gasteiger partial charge in [0.1, 0.15) is 5.76 Å². The highest BCUT2D eigenvalue weighted by molar-refractivity contribution is 5.85. The lowest BCUT2D eigenvalue weighted by Crippen LogP contribution is -2.45. The van der Waals surface area contributed by atoms with E-state index >= 15 is 0 Å². The molecule has 0 aliphatic heterocycles. The van der Waals surface area contributed by atoms with Crippen molar-refractivity contribution in [2.45, 2.75) is 67.3 Å². The van der Waals surface area contributed by atoms with E-state index in [0.717, 1.165) is 18.6 Å². The van der Waals surface area contributed by atoms with Gasteiger partial charge in [0.25, 0.3) is 0 Å². The molecule has 5 heteroatoms. The third-order valence-electron chi connectivity index (χ3n) is 5.54. The molecule has 0 aliphatic rings. The van der Waals surface area contributed by atoms with Gasteiger partial charge in [0, 0.05) is 19.5 Å². The van der Waals surface area contributed by atoms with E-state index in [1.54, 1.807) is 11.2 Å². The summed E-state index contributed by atoms with van der Waals surface area (Å²) in [5, 5.41) is 0. The summed E-state index contributed by atoms with van der Waals surface area (Å²) in [7, 11) is 0. The quantitative estimate of drug-likeness (QED) is 0.407. The van der Waals surface area contributed by atoms with Crippen LogP contribution in [0, 0.1) is 17.3 Å². The second-order valence-electron chi connectivity index (χ2n) is 10.9. The Kier molecular flexibility index (Phi) is 10.2. The summed E-state index contributed by atoms with van der Waals surface area (Å²) < 4.78 is 5.51.